The van der Waals surface area contributed by atoms with Gasteiger partial charge < -0.3 is 14.6 Å². The fourth-order valence-electron chi connectivity index (χ4n) is 2.13. The molecule has 1 aromatic rings. The zero-order valence-electron chi connectivity index (χ0n) is 14.1. The zero-order valence-corrected chi connectivity index (χ0v) is 14.1. The quantitative estimate of drug-likeness (QED) is 0.667. The Kier molecular flexibility index (Phi) is 4.92. The van der Waals surface area contributed by atoms with Crippen LogP contribution in [0, 0.1) is 0 Å². The van der Waals surface area contributed by atoms with Gasteiger partial charge in [-0.25, -0.2) is 0 Å². The number of amides is 1. The van der Waals surface area contributed by atoms with Crippen molar-refractivity contribution in [3.8, 4) is 0 Å². The number of carbonyl (C=O) groups excluding carboxylic acids is 1. The first-order valence-electron chi connectivity index (χ1n) is 7.86. The highest BCUT2D eigenvalue weighted by Gasteiger charge is 2.51. The molecule has 0 radical (unpaired) electrons. The molecular weight excluding hydrogens is 279 g/mol. The molecule has 1 aromatic heterocycles. The second-order valence-corrected chi connectivity index (χ2v) is 6.67. The third kappa shape index (κ3) is 3.50. The van der Waals surface area contributed by atoms with Crippen LogP contribution in [0.2, 0.25) is 0 Å². The van der Waals surface area contributed by atoms with E-state index in [1.54, 1.807) is 12.3 Å². The summed E-state index contributed by atoms with van der Waals surface area (Å²) in [6.07, 6.45) is 3.67. The van der Waals surface area contributed by atoms with Crippen LogP contribution in [0.15, 0.2) is 18.3 Å². The van der Waals surface area contributed by atoms with E-state index in [1.807, 2.05) is 33.8 Å². The van der Waals surface area contributed by atoms with Gasteiger partial charge in [-0.05, 0) is 40.2 Å². The van der Waals surface area contributed by atoms with Crippen LogP contribution in [0.1, 0.15) is 57.9 Å². The van der Waals surface area contributed by atoms with Gasteiger partial charge in [0.05, 0.1) is 11.2 Å². The fraction of sp³-hybridized carbons (Fsp3) is 0.625. The lowest BCUT2D eigenvalue weighted by Gasteiger charge is -2.32. The Morgan fingerprint density at radius 1 is 1.23 bits per heavy atom. The summed E-state index contributed by atoms with van der Waals surface area (Å²) in [5.41, 5.74) is 0.474. The van der Waals surface area contributed by atoms with Gasteiger partial charge in [-0.1, -0.05) is 19.4 Å². The Hall–Kier alpha value is -1.40. The van der Waals surface area contributed by atoms with E-state index < -0.39 is 7.12 Å². The predicted octanol–water partition coefficient (Wildman–Crippen LogP) is 1.91. The van der Waals surface area contributed by atoms with Crippen LogP contribution in [0.3, 0.4) is 0 Å². The highest BCUT2D eigenvalue weighted by molar-refractivity contribution is 6.62. The zero-order chi connectivity index (χ0) is 16.4. The molecule has 2 heterocycles. The molecule has 1 aliphatic rings. The van der Waals surface area contributed by atoms with E-state index in [1.165, 1.54) is 0 Å². The third-order valence-corrected chi connectivity index (χ3v) is 4.36. The topological polar surface area (TPSA) is 60.5 Å². The Balaban J connectivity index is 2.02. The maximum absolute atomic E-state index is 11.9. The van der Waals surface area contributed by atoms with Gasteiger partial charge >= 0.3 is 7.12 Å². The smallest absolute Gasteiger partial charge is 0.399 e. The average Bonchev–Trinajstić information content (AvgIpc) is 2.68. The molecule has 1 N–H and O–H groups in total. The molecule has 1 amide bonds. The van der Waals surface area contributed by atoms with E-state index in [2.05, 4.69) is 17.2 Å². The van der Waals surface area contributed by atoms with E-state index in [0.29, 0.717) is 12.2 Å². The molecule has 0 aliphatic carbocycles. The van der Waals surface area contributed by atoms with Crippen molar-refractivity contribution in [1.29, 1.82) is 0 Å². The standard InChI is InChI=1S/C16H25BN2O3/c1-6-7-10-18-14(20)13-9-8-12(11-19-13)17-21-15(2,3)16(4,5)22-17/h8-9,11H,6-7,10H2,1-5H3,(H,18,20). The molecule has 0 atom stereocenters. The van der Waals surface area contributed by atoms with Crippen LogP contribution in [-0.4, -0.2) is 35.8 Å². The molecule has 120 valence electrons. The normalized spacial score (nSPS) is 19.2. The van der Waals surface area contributed by atoms with Crippen molar-refractivity contribution in [1.82, 2.24) is 10.3 Å². The number of nitrogens with zero attached hydrogens (tertiary/aromatic N) is 1. The Labute approximate surface area is 132 Å². The van der Waals surface area contributed by atoms with Crippen molar-refractivity contribution in [2.75, 3.05) is 6.54 Å². The maximum Gasteiger partial charge on any atom is 0.496 e. The van der Waals surface area contributed by atoms with E-state index in [-0.39, 0.29) is 17.1 Å². The first-order valence-corrected chi connectivity index (χ1v) is 7.86. The molecule has 22 heavy (non-hydrogen) atoms. The third-order valence-electron chi connectivity index (χ3n) is 4.36. The number of rotatable bonds is 5. The van der Waals surface area contributed by atoms with Crippen molar-refractivity contribution in [2.24, 2.45) is 0 Å². The Bertz CT molecular complexity index is 513. The number of nitrogens with one attached hydrogen (secondary N) is 1. The van der Waals surface area contributed by atoms with Crippen LogP contribution in [0.25, 0.3) is 0 Å². The molecule has 0 bridgehead atoms. The highest BCUT2D eigenvalue weighted by atomic mass is 16.7. The number of hydrogen-bond donors (Lipinski definition) is 1. The minimum Gasteiger partial charge on any atom is -0.399 e. The maximum atomic E-state index is 11.9. The summed E-state index contributed by atoms with van der Waals surface area (Å²) >= 11 is 0. The lowest BCUT2D eigenvalue weighted by atomic mass is 9.80. The van der Waals surface area contributed by atoms with Gasteiger partial charge in [0.2, 0.25) is 0 Å². The highest BCUT2D eigenvalue weighted by Crippen LogP contribution is 2.36. The van der Waals surface area contributed by atoms with E-state index in [9.17, 15) is 4.79 Å². The summed E-state index contributed by atoms with van der Waals surface area (Å²) in [4.78, 5) is 16.1. The number of carbonyl (C=O) groups is 1. The predicted molar refractivity (Wildman–Crippen MR) is 87.2 cm³/mol. The first-order chi connectivity index (χ1) is 10.3. The number of unbranched alkanes of at least 4 members (excludes halogenated alkanes) is 1. The molecule has 0 aromatic carbocycles. The Morgan fingerprint density at radius 3 is 2.36 bits per heavy atom. The number of pyridine rings is 1. The van der Waals surface area contributed by atoms with Gasteiger partial charge in [-0.15, -0.1) is 0 Å². The van der Waals surface area contributed by atoms with E-state index in [0.717, 1.165) is 18.3 Å². The van der Waals surface area contributed by atoms with Gasteiger partial charge in [-0.3, -0.25) is 9.78 Å². The lowest BCUT2D eigenvalue weighted by Crippen LogP contribution is -2.41. The van der Waals surface area contributed by atoms with Crippen molar-refractivity contribution in [2.45, 2.75) is 58.7 Å². The molecule has 1 saturated heterocycles. The van der Waals surface area contributed by atoms with E-state index >= 15 is 0 Å². The summed E-state index contributed by atoms with van der Waals surface area (Å²) in [6.45, 7) is 10.8. The monoisotopic (exact) mass is 304 g/mol. The molecule has 6 heteroatoms. The molecule has 0 unspecified atom stereocenters. The van der Waals surface area contributed by atoms with Crippen molar-refractivity contribution in [3.05, 3.63) is 24.0 Å². The summed E-state index contributed by atoms with van der Waals surface area (Å²) < 4.78 is 11.9. The average molecular weight is 304 g/mol. The molecule has 1 aliphatic heterocycles. The van der Waals surface area contributed by atoms with Gasteiger partial charge in [-0.2, -0.15) is 0 Å². The first kappa shape index (κ1) is 17.0. The summed E-state index contributed by atoms with van der Waals surface area (Å²) in [7, 11) is -0.449. The Morgan fingerprint density at radius 2 is 1.86 bits per heavy atom. The van der Waals surface area contributed by atoms with Crippen molar-refractivity contribution < 1.29 is 14.1 Å². The number of aromatic nitrogens is 1. The largest absolute Gasteiger partial charge is 0.496 e. The molecule has 0 saturated carbocycles. The lowest BCUT2D eigenvalue weighted by molar-refractivity contribution is 0.00578. The van der Waals surface area contributed by atoms with Crippen molar-refractivity contribution >= 4 is 18.5 Å². The second-order valence-electron chi connectivity index (χ2n) is 6.67. The SMILES string of the molecule is CCCCNC(=O)c1ccc(B2OC(C)(C)C(C)(C)O2)cn1. The van der Waals surface area contributed by atoms with Crippen LogP contribution >= 0.6 is 0 Å². The van der Waals surface area contributed by atoms with Crippen LogP contribution in [0.5, 0.6) is 0 Å². The molecule has 2 rings (SSSR count). The molecular formula is C16H25BN2O3. The molecule has 1 fully saturated rings. The molecule has 5 nitrogen and oxygen atoms in total. The van der Waals surface area contributed by atoms with Crippen LogP contribution in [0.4, 0.5) is 0 Å². The summed E-state index contributed by atoms with van der Waals surface area (Å²) in [5, 5.41) is 2.85. The van der Waals surface area contributed by atoms with Crippen molar-refractivity contribution in [3.63, 3.8) is 0 Å². The molecule has 0 spiro atoms. The fourth-order valence-corrected chi connectivity index (χ4v) is 2.13. The van der Waals surface area contributed by atoms with Crippen LogP contribution in [-0.2, 0) is 9.31 Å². The second kappa shape index (κ2) is 6.38. The number of hydrogen-bond acceptors (Lipinski definition) is 4. The summed E-state index contributed by atoms with van der Waals surface area (Å²) in [6, 6.07) is 3.55. The minimum absolute atomic E-state index is 0.145. The minimum atomic E-state index is -0.449. The van der Waals surface area contributed by atoms with Crippen LogP contribution < -0.4 is 10.8 Å². The van der Waals surface area contributed by atoms with Gasteiger partial charge in [0.1, 0.15) is 5.69 Å². The summed E-state index contributed by atoms with van der Waals surface area (Å²) in [5.74, 6) is -0.145. The van der Waals surface area contributed by atoms with Gasteiger partial charge in [0.15, 0.2) is 0 Å². The van der Waals surface area contributed by atoms with E-state index in [4.69, 9.17) is 9.31 Å². The van der Waals surface area contributed by atoms with Gasteiger partial charge in [0.25, 0.3) is 5.91 Å². The van der Waals surface area contributed by atoms with Gasteiger partial charge in [0, 0.05) is 18.2 Å².